The van der Waals surface area contributed by atoms with Crippen molar-refractivity contribution in [2.45, 2.75) is 4.90 Å². The predicted molar refractivity (Wildman–Crippen MR) is 71.6 cm³/mol. The molecule has 2 rings (SSSR count). The third-order valence-electron chi connectivity index (χ3n) is 2.36. The minimum atomic E-state index is -3.81. The summed E-state index contributed by atoms with van der Waals surface area (Å²) in [6.45, 7) is 0. The SMILES string of the molecule is O=C(Nc1ccc(S(=O)(=O)Cl)cc1)c1cncc(F)c1. The van der Waals surface area contributed by atoms with Gasteiger partial charge >= 0.3 is 0 Å². The van der Waals surface area contributed by atoms with Gasteiger partial charge in [-0.15, -0.1) is 0 Å². The van der Waals surface area contributed by atoms with Crippen LogP contribution in [-0.4, -0.2) is 19.3 Å². The maximum Gasteiger partial charge on any atom is 0.261 e. The lowest BCUT2D eigenvalue weighted by molar-refractivity contribution is 0.102. The summed E-state index contributed by atoms with van der Waals surface area (Å²) in [4.78, 5) is 15.3. The van der Waals surface area contributed by atoms with Crippen LogP contribution < -0.4 is 5.32 Å². The fourth-order valence-electron chi connectivity index (χ4n) is 1.44. The van der Waals surface area contributed by atoms with Crippen molar-refractivity contribution in [2.24, 2.45) is 0 Å². The van der Waals surface area contributed by atoms with Gasteiger partial charge < -0.3 is 5.32 Å². The Morgan fingerprint density at radius 1 is 1.20 bits per heavy atom. The fraction of sp³-hybridized carbons (Fsp3) is 0. The summed E-state index contributed by atoms with van der Waals surface area (Å²) >= 11 is 0. The Kier molecular flexibility index (Phi) is 4.01. The first-order chi connectivity index (χ1) is 9.36. The van der Waals surface area contributed by atoms with Crippen LogP contribution in [0.25, 0.3) is 0 Å². The van der Waals surface area contributed by atoms with Crippen molar-refractivity contribution in [3.8, 4) is 0 Å². The highest BCUT2D eigenvalue weighted by molar-refractivity contribution is 8.13. The second-order valence-electron chi connectivity index (χ2n) is 3.81. The van der Waals surface area contributed by atoms with Gasteiger partial charge in [0.15, 0.2) is 0 Å². The van der Waals surface area contributed by atoms with Gasteiger partial charge in [0.1, 0.15) is 5.82 Å². The molecule has 0 radical (unpaired) electrons. The van der Waals surface area contributed by atoms with Crippen LogP contribution >= 0.6 is 10.7 Å². The third kappa shape index (κ3) is 3.52. The highest BCUT2D eigenvalue weighted by Crippen LogP contribution is 2.18. The number of carbonyl (C=O) groups is 1. The molecule has 0 saturated heterocycles. The van der Waals surface area contributed by atoms with Crippen molar-refractivity contribution >= 4 is 31.3 Å². The average molecular weight is 315 g/mol. The van der Waals surface area contributed by atoms with Crippen molar-refractivity contribution in [1.29, 1.82) is 0 Å². The Balaban J connectivity index is 2.16. The summed E-state index contributed by atoms with van der Waals surface area (Å²) in [5, 5.41) is 2.48. The number of pyridine rings is 1. The summed E-state index contributed by atoms with van der Waals surface area (Å²) in [7, 11) is 1.36. The van der Waals surface area contributed by atoms with Crippen molar-refractivity contribution in [3.63, 3.8) is 0 Å². The molecule has 1 heterocycles. The van der Waals surface area contributed by atoms with Crippen LogP contribution in [0.2, 0.25) is 0 Å². The Labute approximate surface area is 118 Å². The molecule has 0 unspecified atom stereocenters. The fourth-order valence-corrected chi connectivity index (χ4v) is 2.21. The number of nitrogens with zero attached hydrogens (tertiary/aromatic N) is 1. The Hall–Kier alpha value is -1.99. The van der Waals surface area contributed by atoms with E-state index in [1.54, 1.807) is 0 Å². The summed E-state index contributed by atoms with van der Waals surface area (Å²) < 4.78 is 35.0. The van der Waals surface area contributed by atoms with E-state index in [0.717, 1.165) is 12.3 Å². The van der Waals surface area contributed by atoms with Crippen molar-refractivity contribution in [3.05, 3.63) is 54.1 Å². The second-order valence-corrected chi connectivity index (χ2v) is 6.37. The molecule has 0 atom stereocenters. The lowest BCUT2D eigenvalue weighted by Crippen LogP contribution is -2.12. The number of anilines is 1. The van der Waals surface area contributed by atoms with Crippen LogP contribution in [0.4, 0.5) is 10.1 Å². The van der Waals surface area contributed by atoms with Gasteiger partial charge in [0.25, 0.3) is 15.0 Å². The first-order valence-electron chi connectivity index (χ1n) is 5.33. The quantitative estimate of drug-likeness (QED) is 0.883. The summed E-state index contributed by atoms with van der Waals surface area (Å²) in [5.74, 6) is -1.18. The van der Waals surface area contributed by atoms with Gasteiger partial charge in [0.2, 0.25) is 0 Å². The number of benzene rings is 1. The van der Waals surface area contributed by atoms with E-state index in [9.17, 15) is 17.6 Å². The molecule has 2 aromatic rings. The number of halogens is 2. The van der Waals surface area contributed by atoms with Crippen molar-refractivity contribution < 1.29 is 17.6 Å². The molecule has 1 aromatic heterocycles. The van der Waals surface area contributed by atoms with Crippen LogP contribution in [0.15, 0.2) is 47.6 Å². The topological polar surface area (TPSA) is 76.1 Å². The van der Waals surface area contributed by atoms with Crippen LogP contribution in [0.1, 0.15) is 10.4 Å². The monoisotopic (exact) mass is 314 g/mol. The number of aromatic nitrogens is 1. The number of nitrogens with one attached hydrogen (secondary N) is 1. The first-order valence-corrected chi connectivity index (χ1v) is 7.64. The zero-order chi connectivity index (χ0) is 14.8. The molecular formula is C12H8ClFN2O3S. The van der Waals surface area contributed by atoms with Gasteiger partial charge in [-0.1, -0.05) is 0 Å². The molecule has 0 spiro atoms. The Morgan fingerprint density at radius 3 is 2.40 bits per heavy atom. The minimum Gasteiger partial charge on any atom is -0.322 e. The molecule has 0 aliphatic rings. The number of hydrogen-bond acceptors (Lipinski definition) is 4. The van der Waals surface area contributed by atoms with E-state index in [-0.39, 0.29) is 10.5 Å². The second kappa shape index (κ2) is 5.56. The van der Waals surface area contributed by atoms with Gasteiger partial charge in [-0.05, 0) is 30.3 Å². The molecule has 5 nitrogen and oxygen atoms in total. The number of amides is 1. The molecule has 0 aliphatic carbocycles. The van der Waals surface area contributed by atoms with Gasteiger partial charge in [0.05, 0.1) is 16.7 Å². The molecule has 1 aromatic carbocycles. The molecule has 0 fully saturated rings. The average Bonchev–Trinajstić information content (AvgIpc) is 2.38. The third-order valence-corrected chi connectivity index (χ3v) is 3.73. The van der Waals surface area contributed by atoms with Crippen LogP contribution in [-0.2, 0) is 9.05 Å². The number of carbonyl (C=O) groups excluding carboxylic acids is 1. The molecule has 8 heteroatoms. The zero-order valence-corrected chi connectivity index (χ0v) is 11.5. The number of rotatable bonds is 3. The van der Waals surface area contributed by atoms with E-state index in [4.69, 9.17) is 10.7 Å². The van der Waals surface area contributed by atoms with E-state index in [1.807, 2.05) is 0 Å². The van der Waals surface area contributed by atoms with E-state index in [0.29, 0.717) is 5.69 Å². The minimum absolute atomic E-state index is 0.0547. The van der Waals surface area contributed by atoms with E-state index in [1.165, 1.54) is 30.5 Å². The van der Waals surface area contributed by atoms with Gasteiger partial charge in [-0.2, -0.15) is 0 Å². The first kappa shape index (κ1) is 14.4. The summed E-state index contributed by atoms with van der Waals surface area (Å²) in [6.07, 6.45) is 2.20. The molecule has 20 heavy (non-hydrogen) atoms. The summed E-state index contributed by atoms with van der Waals surface area (Å²) in [6, 6.07) is 6.29. The molecule has 0 saturated carbocycles. The van der Waals surface area contributed by atoms with Crippen molar-refractivity contribution in [1.82, 2.24) is 4.98 Å². The van der Waals surface area contributed by atoms with E-state index >= 15 is 0 Å². The maximum atomic E-state index is 12.9. The predicted octanol–water partition coefficient (Wildman–Crippen LogP) is 2.40. The lowest BCUT2D eigenvalue weighted by atomic mass is 10.2. The molecule has 1 amide bonds. The molecule has 0 aliphatic heterocycles. The highest BCUT2D eigenvalue weighted by Gasteiger charge is 2.11. The standard InChI is InChI=1S/C12H8ClFN2O3S/c13-20(18,19)11-3-1-10(2-4-11)16-12(17)8-5-9(14)7-15-6-8/h1-7H,(H,16,17). The molecule has 1 N–H and O–H groups in total. The smallest absolute Gasteiger partial charge is 0.261 e. The summed E-state index contributed by atoms with van der Waals surface area (Å²) in [5.41, 5.74) is 0.405. The van der Waals surface area contributed by atoms with Gasteiger partial charge in [0, 0.05) is 22.6 Å². The van der Waals surface area contributed by atoms with Crippen molar-refractivity contribution in [2.75, 3.05) is 5.32 Å². The molecule has 0 bridgehead atoms. The molecule has 104 valence electrons. The Bertz CT molecular complexity index is 748. The van der Waals surface area contributed by atoms with Crippen LogP contribution in [0.3, 0.4) is 0 Å². The highest BCUT2D eigenvalue weighted by atomic mass is 35.7. The van der Waals surface area contributed by atoms with E-state index < -0.39 is 20.8 Å². The lowest BCUT2D eigenvalue weighted by Gasteiger charge is -2.05. The van der Waals surface area contributed by atoms with Gasteiger partial charge in [-0.25, -0.2) is 12.8 Å². The normalized spacial score (nSPS) is 11.1. The number of hydrogen-bond donors (Lipinski definition) is 1. The maximum absolute atomic E-state index is 12.9. The van der Waals surface area contributed by atoms with Crippen LogP contribution in [0, 0.1) is 5.82 Å². The van der Waals surface area contributed by atoms with Crippen LogP contribution in [0.5, 0.6) is 0 Å². The Morgan fingerprint density at radius 2 is 1.85 bits per heavy atom. The van der Waals surface area contributed by atoms with E-state index in [2.05, 4.69) is 10.3 Å². The molecular weight excluding hydrogens is 307 g/mol. The zero-order valence-electron chi connectivity index (χ0n) is 9.88. The van der Waals surface area contributed by atoms with Gasteiger partial charge in [-0.3, -0.25) is 9.78 Å². The largest absolute Gasteiger partial charge is 0.322 e.